The van der Waals surface area contributed by atoms with Crippen molar-refractivity contribution in [3.05, 3.63) is 34.9 Å². The Bertz CT molecular complexity index is 441. The van der Waals surface area contributed by atoms with E-state index in [1.54, 1.807) is 0 Å². The van der Waals surface area contributed by atoms with Gasteiger partial charge < -0.3 is 11.1 Å². The molecule has 3 N–H and O–H groups in total. The maximum Gasteiger partial charge on any atom is 0.221 e. The van der Waals surface area contributed by atoms with Gasteiger partial charge in [0.2, 0.25) is 11.8 Å². The molecular weight excluding hydrogens is 204 g/mol. The van der Waals surface area contributed by atoms with Gasteiger partial charge in [-0.2, -0.15) is 0 Å². The van der Waals surface area contributed by atoms with E-state index in [0.29, 0.717) is 13.0 Å². The molecule has 0 saturated carbocycles. The van der Waals surface area contributed by atoms with Crippen molar-refractivity contribution in [3.63, 3.8) is 0 Å². The monoisotopic (exact) mass is 218 g/mol. The minimum absolute atomic E-state index is 0.0765. The number of hydrogen-bond donors (Lipinski definition) is 2. The molecule has 1 heterocycles. The van der Waals surface area contributed by atoms with Gasteiger partial charge in [0.05, 0.1) is 6.42 Å². The second kappa shape index (κ2) is 4.35. The fourth-order valence-corrected chi connectivity index (χ4v) is 1.93. The fourth-order valence-electron chi connectivity index (χ4n) is 1.93. The molecule has 4 heteroatoms. The summed E-state index contributed by atoms with van der Waals surface area (Å²) < 4.78 is 0. The highest BCUT2D eigenvalue weighted by atomic mass is 16.1. The van der Waals surface area contributed by atoms with Crippen LogP contribution in [0.1, 0.15) is 23.1 Å². The summed E-state index contributed by atoms with van der Waals surface area (Å²) in [5.74, 6) is -0.259. The molecule has 1 aliphatic heterocycles. The average Bonchev–Trinajstić information content (AvgIpc) is 2.40. The van der Waals surface area contributed by atoms with E-state index in [0.717, 1.165) is 17.5 Å². The molecule has 0 aromatic heterocycles. The van der Waals surface area contributed by atoms with E-state index in [2.05, 4.69) is 5.32 Å². The standard InChI is InChI=1S/C12H14N2O2/c13-11(15)6-8-1-2-9-3-4-12(16)14-7-10(9)5-8/h1-2,5H,3-4,6-7H2,(H2,13,15)(H,14,16). The van der Waals surface area contributed by atoms with Gasteiger partial charge in [0.15, 0.2) is 0 Å². The number of primary amides is 1. The Labute approximate surface area is 93.8 Å². The van der Waals surface area contributed by atoms with Crippen LogP contribution in [-0.2, 0) is 29.0 Å². The summed E-state index contributed by atoms with van der Waals surface area (Å²) in [7, 11) is 0. The minimum Gasteiger partial charge on any atom is -0.369 e. The Morgan fingerprint density at radius 2 is 2.12 bits per heavy atom. The quantitative estimate of drug-likeness (QED) is 0.748. The molecule has 84 valence electrons. The van der Waals surface area contributed by atoms with E-state index >= 15 is 0 Å². The predicted molar refractivity (Wildman–Crippen MR) is 59.5 cm³/mol. The normalized spacial score (nSPS) is 14.9. The maximum absolute atomic E-state index is 11.2. The zero-order chi connectivity index (χ0) is 11.5. The molecule has 1 aliphatic rings. The second-order valence-electron chi connectivity index (χ2n) is 4.02. The van der Waals surface area contributed by atoms with Crippen molar-refractivity contribution in [2.24, 2.45) is 5.73 Å². The number of carbonyl (C=O) groups excluding carboxylic acids is 2. The van der Waals surface area contributed by atoms with Crippen molar-refractivity contribution in [1.29, 1.82) is 0 Å². The lowest BCUT2D eigenvalue weighted by molar-refractivity contribution is -0.121. The SMILES string of the molecule is NC(=O)Cc1ccc2c(c1)CNC(=O)CC2. The van der Waals surface area contributed by atoms with Crippen LogP contribution in [0.4, 0.5) is 0 Å². The lowest BCUT2D eigenvalue weighted by atomic mass is 10.00. The molecule has 0 atom stereocenters. The van der Waals surface area contributed by atoms with Gasteiger partial charge in [-0.3, -0.25) is 9.59 Å². The molecule has 0 radical (unpaired) electrons. The molecule has 0 spiro atoms. The van der Waals surface area contributed by atoms with Crippen molar-refractivity contribution < 1.29 is 9.59 Å². The first-order valence-electron chi connectivity index (χ1n) is 5.31. The minimum atomic E-state index is -0.336. The average molecular weight is 218 g/mol. The van der Waals surface area contributed by atoms with Gasteiger partial charge in [-0.15, -0.1) is 0 Å². The van der Waals surface area contributed by atoms with Crippen LogP contribution in [0.2, 0.25) is 0 Å². The largest absolute Gasteiger partial charge is 0.369 e. The van der Waals surface area contributed by atoms with E-state index in [9.17, 15) is 9.59 Å². The van der Waals surface area contributed by atoms with Gasteiger partial charge >= 0.3 is 0 Å². The summed E-state index contributed by atoms with van der Waals surface area (Å²) in [4.78, 5) is 22.0. The van der Waals surface area contributed by atoms with Gasteiger partial charge in [0.1, 0.15) is 0 Å². The van der Waals surface area contributed by atoms with Crippen molar-refractivity contribution in [3.8, 4) is 0 Å². The zero-order valence-corrected chi connectivity index (χ0v) is 8.95. The Morgan fingerprint density at radius 3 is 2.88 bits per heavy atom. The first-order chi connectivity index (χ1) is 7.65. The second-order valence-corrected chi connectivity index (χ2v) is 4.02. The van der Waals surface area contributed by atoms with Crippen molar-refractivity contribution in [2.75, 3.05) is 0 Å². The topological polar surface area (TPSA) is 72.2 Å². The fraction of sp³-hybridized carbons (Fsp3) is 0.333. The van der Waals surface area contributed by atoms with Crippen LogP contribution in [-0.4, -0.2) is 11.8 Å². The number of nitrogens with two attached hydrogens (primary N) is 1. The number of amides is 2. The highest BCUT2D eigenvalue weighted by molar-refractivity contribution is 5.78. The summed E-state index contributed by atoms with van der Waals surface area (Å²) in [6.45, 7) is 0.542. The van der Waals surface area contributed by atoms with Crippen molar-refractivity contribution in [2.45, 2.75) is 25.8 Å². The molecule has 16 heavy (non-hydrogen) atoms. The van der Waals surface area contributed by atoms with Crippen molar-refractivity contribution >= 4 is 11.8 Å². The van der Waals surface area contributed by atoms with Crippen LogP contribution in [0.3, 0.4) is 0 Å². The van der Waals surface area contributed by atoms with Crippen LogP contribution < -0.4 is 11.1 Å². The molecule has 0 aliphatic carbocycles. The summed E-state index contributed by atoms with van der Waals surface area (Å²) in [6, 6.07) is 5.83. The summed E-state index contributed by atoms with van der Waals surface area (Å²) >= 11 is 0. The number of nitrogens with one attached hydrogen (secondary N) is 1. The van der Waals surface area contributed by atoms with E-state index in [4.69, 9.17) is 5.73 Å². The molecule has 0 saturated heterocycles. The molecule has 4 nitrogen and oxygen atoms in total. The summed E-state index contributed by atoms with van der Waals surface area (Å²) in [6.07, 6.45) is 1.54. The van der Waals surface area contributed by atoms with Crippen LogP contribution in [0, 0.1) is 0 Å². The molecule has 1 aromatic carbocycles. The van der Waals surface area contributed by atoms with E-state index in [1.807, 2.05) is 18.2 Å². The highest BCUT2D eigenvalue weighted by Crippen LogP contribution is 2.17. The van der Waals surface area contributed by atoms with Gasteiger partial charge in [-0.05, 0) is 23.1 Å². The molecule has 2 rings (SSSR count). The number of rotatable bonds is 2. The summed E-state index contributed by atoms with van der Waals surface area (Å²) in [5.41, 5.74) is 8.31. The van der Waals surface area contributed by atoms with Crippen LogP contribution in [0.5, 0.6) is 0 Å². The predicted octanol–water partition coefficient (Wildman–Crippen LogP) is 0.277. The van der Waals surface area contributed by atoms with Crippen LogP contribution in [0.25, 0.3) is 0 Å². The number of benzene rings is 1. The molecule has 2 amide bonds. The molecule has 1 aromatic rings. The molecular formula is C12H14N2O2. The van der Waals surface area contributed by atoms with Gasteiger partial charge in [-0.25, -0.2) is 0 Å². The zero-order valence-electron chi connectivity index (χ0n) is 8.95. The third-order valence-electron chi connectivity index (χ3n) is 2.75. The number of fused-ring (bicyclic) bond motifs is 1. The van der Waals surface area contributed by atoms with Crippen LogP contribution >= 0.6 is 0 Å². The Kier molecular flexibility index (Phi) is 2.90. The van der Waals surface area contributed by atoms with Gasteiger partial charge in [0, 0.05) is 13.0 Å². The first kappa shape index (κ1) is 10.7. The third-order valence-corrected chi connectivity index (χ3v) is 2.75. The molecule has 0 unspecified atom stereocenters. The lowest BCUT2D eigenvalue weighted by Crippen LogP contribution is -2.20. The first-order valence-corrected chi connectivity index (χ1v) is 5.31. The number of carbonyl (C=O) groups is 2. The Morgan fingerprint density at radius 1 is 1.31 bits per heavy atom. The molecule has 0 fully saturated rings. The van der Waals surface area contributed by atoms with Crippen LogP contribution in [0.15, 0.2) is 18.2 Å². The third kappa shape index (κ3) is 2.39. The number of aryl methyl sites for hydroxylation is 1. The van der Waals surface area contributed by atoms with E-state index in [-0.39, 0.29) is 18.2 Å². The maximum atomic E-state index is 11.2. The Balaban J connectivity index is 2.24. The number of hydrogen-bond acceptors (Lipinski definition) is 2. The molecule has 0 bridgehead atoms. The van der Waals surface area contributed by atoms with Gasteiger partial charge in [0.25, 0.3) is 0 Å². The van der Waals surface area contributed by atoms with Crippen molar-refractivity contribution in [1.82, 2.24) is 5.32 Å². The smallest absolute Gasteiger partial charge is 0.221 e. The van der Waals surface area contributed by atoms with E-state index < -0.39 is 0 Å². The Hall–Kier alpha value is -1.84. The lowest BCUT2D eigenvalue weighted by Gasteiger charge is -2.07. The highest BCUT2D eigenvalue weighted by Gasteiger charge is 2.12. The summed E-state index contributed by atoms with van der Waals surface area (Å²) in [5, 5.41) is 2.83. The van der Waals surface area contributed by atoms with E-state index in [1.165, 1.54) is 5.56 Å². The van der Waals surface area contributed by atoms with Gasteiger partial charge in [-0.1, -0.05) is 18.2 Å².